The normalized spacial score (nSPS) is 20.5. The maximum Gasteiger partial charge on any atom is 0.154 e. The van der Waals surface area contributed by atoms with Gasteiger partial charge in [-0.1, -0.05) is 25.3 Å². The third-order valence-corrected chi connectivity index (χ3v) is 5.74. The van der Waals surface area contributed by atoms with E-state index in [0.29, 0.717) is 12.1 Å². The van der Waals surface area contributed by atoms with Crippen LogP contribution in [0.3, 0.4) is 0 Å². The first-order chi connectivity index (χ1) is 13.8. The van der Waals surface area contributed by atoms with Gasteiger partial charge in [-0.25, -0.2) is 14.5 Å². The number of rotatable bonds is 5. The molecule has 0 amide bonds. The fourth-order valence-corrected chi connectivity index (χ4v) is 4.23. The summed E-state index contributed by atoms with van der Waals surface area (Å²) in [5.41, 5.74) is 2.63. The molecule has 0 bridgehead atoms. The molecule has 1 aliphatic heterocycles. The van der Waals surface area contributed by atoms with Crippen molar-refractivity contribution in [3.05, 3.63) is 36.5 Å². The quantitative estimate of drug-likeness (QED) is 0.633. The van der Waals surface area contributed by atoms with E-state index in [1.807, 2.05) is 41.0 Å². The molecule has 1 saturated carbocycles. The van der Waals surface area contributed by atoms with Gasteiger partial charge in [-0.05, 0) is 50.1 Å². The molecule has 3 aromatic heterocycles. The van der Waals surface area contributed by atoms with Gasteiger partial charge in [-0.2, -0.15) is 0 Å². The van der Waals surface area contributed by atoms with Crippen molar-refractivity contribution in [2.24, 2.45) is 0 Å². The van der Waals surface area contributed by atoms with Crippen molar-refractivity contribution in [1.82, 2.24) is 24.9 Å². The molecular formula is C21H27N7. The second-order valence-corrected chi connectivity index (χ2v) is 7.85. The summed E-state index contributed by atoms with van der Waals surface area (Å²) in [4.78, 5) is 9.33. The number of imidazole rings is 1. The van der Waals surface area contributed by atoms with Crippen molar-refractivity contribution in [3.8, 4) is 11.4 Å². The molecule has 2 aliphatic rings. The van der Waals surface area contributed by atoms with Crippen molar-refractivity contribution in [1.29, 1.82) is 0 Å². The molecule has 2 fully saturated rings. The largest absolute Gasteiger partial charge is 0.366 e. The highest BCUT2D eigenvalue weighted by Crippen LogP contribution is 2.23. The predicted octanol–water partition coefficient (Wildman–Crippen LogP) is 3.31. The second-order valence-electron chi connectivity index (χ2n) is 7.85. The standard InChI is InChI=1S/C21H27N7/c1-2-5-15(6-3-1)24-20-9-10-21-23-14-18(28(21)27-20)17-7-4-8-19(26-17)25-16-11-12-22-13-16/h4,7-10,14-16,22H,1-3,5-6,11-13H2,(H,24,27)(H,25,26). The van der Waals surface area contributed by atoms with E-state index >= 15 is 0 Å². The minimum absolute atomic E-state index is 0.439. The van der Waals surface area contributed by atoms with E-state index in [1.165, 1.54) is 32.1 Å². The summed E-state index contributed by atoms with van der Waals surface area (Å²) in [7, 11) is 0. The first-order valence-corrected chi connectivity index (χ1v) is 10.4. The molecule has 146 valence electrons. The number of anilines is 2. The van der Waals surface area contributed by atoms with E-state index in [2.05, 4.69) is 20.9 Å². The van der Waals surface area contributed by atoms with Crippen LogP contribution in [0.4, 0.5) is 11.6 Å². The van der Waals surface area contributed by atoms with Crippen LogP contribution < -0.4 is 16.0 Å². The first kappa shape index (κ1) is 17.4. The maximum absolute atomic E-state index is 4.81. The van der Waals surface area contributed by atoms with Crippen LogP contribution in [0.5, 0.6) is 0 Å². The lowest BCUT2D eigenvalue weighted by Gasteiger charge is -2.23. The first-order valence-electron chi connectivity index (χ1n) is 10.4. The van der Waals surface area contributed by atoms with Crippen molar-refractivity contribution in [2.75, 3.05) is 23.7 Å². The smallest absolute Gasteiger partial charge is 0.154 e. The zero-order chi connectivity index (χ0) is 18.8. The third-order valence-electron chi connectivity index (χ3n) is 5.74. The summed E-state index contributed by atoms with van der Waals surface area (Å²) in [5, 5.41) is 15.3. The van der Waals surface area contributed by atoms with Gasteiger partial charge < -0.3 is 16.0 Å². The summed E-state index contributed by atoms with van der Waals surface area (Å²) in [6.07, 6.45) is 9.38. The topological polar surface area (TPSA) is 79.2 Å². The number of fused-ring (bicyclic) bond motifs is 1. The molecule has 4 heterocycles. The van der Waals surface area contributed by atoms with Crippen LogP contribution in [0.25, 0.3) is 17.0 Å². The van der Waals surface area contributed by atoms with Gasteiger partial charge in [0.2, 0.25) is 0 Å². The SMILES string of the molecule is c1cc(NC2CCNC2)nc(-c2cnc3ccc(NC4CCCCC4)nn23)c1. The Morgan fingerprint density at radius 2 is 1.82 bits per heavy atom. The molecule has 7 nitrogen and oxygen atoms in total. The van der Waals surface area contributed by atoms with E-state index in [4.69, 9.17) is 10.1 Å². The molecule has 1 saturated heterocycles. The molecule has 1 aliphatic carbocycles. The lowest BCUT2D eigenvalue weighted by atomic mass is 9.95. The van der Waals surface area contributed by atoms with Gasteiger partial charge in [0, 0.05) is 18.6 Å². The molecule has 3 aromatic rings. The van der Waals surface area contributed by atoms with E-state index in [9.17, 15) is 0 Å². The van der Waals surface area contributed by atoms with Gasteiger partial charge in [0.1, 0.15) is 17.3 Å². The number of nitrogens with zero attached hydrogens (tertiary/aromatic N) is 4. The van der Waals surface area contributed by atoms with Crippen molar-refractivity contribution < 1.29 is 0 Å². The van der Waals surface area contributed by atoms with Gasteiger partial charge in [-0.15, -0.1) is 5.10 Å². The molecule has 0 aromatic carbocycles. The van der Waals surface area contributed by atoms with E-state index < -0.39 is 0 Å². The highest BCUT2D eigenvalue weighted by Gasteiger charge is 2.17. The summed E-state index contributed by atoms with van der Waals surface area (Å²) in [6.45, 7) is 2.05. The molecule has 1 atom stereocenters. The van der Waals surface area contributed by atoms with Crippen LogP contribution in [0.2, 0.25) is 0 Å². The Hall–Kier alpha value is -2.67. The zero-order valence-corrected chi connectivity index (χ0v) is 16.1. The monoisotopic (exact) mass is 377 g/mol. The Morgan fingerprint density at radius 3 is 2.68 bits per heavy atom. The number of pyridine rings is 1. The highest BCUT2D eigenvalue weighted by atomic mass is 15.3. The van der Waals surface area contributed by atoms with Crippen LogP contribution in [-0.4, -0.2) is 44.8 Å². The lowest BCUT2D eigenvalue weighted by molar-refractivity contribution is 0.461. The average Bonchev–Trinajstić information content (AvgIpc) is 3.38. The molecule has 28 heavy (non-hydrogen) atoms. The fourth-order valence-electron chi connectivity index (χ4n) is 4.23. The summed E-state index contributed by atoms with van der Waals surface area (Å²) >= 11 is 0. The van der Waals surface area contributed by atoms with Gasteiger partial charge in [0.25, 0.3) is 0 Å². The summed E-state index contributed by atoms with van der Waals surface area (Å²) in [6, 6.07) is 11.1. The van der Waals surface area contributed by atoms with Crippen molar-refractivity contribution in [3.63, 3.8) is 0 Å². The molecule has 0 radical (unpaired) electrons. The van der Waals surface area contributed by atoms with Crippen LogP contribution in [0.15, 0.2) is 36.5 Å². The van der Waals surface area contributed by atoms with E-state index in [-0.39, 0.29) is 0 Å². The van der Waals surface area contributed by atoms with Gasteiger partial charge in [0.15, 0.2) is 5.65 Å². The highest BCUT2D eigenvalue weighted by molar-refractivity contribution is 5.62. The fraction of sp³-hybridized carbons (Fsp3) is 0.476. The minimum Gasteiger partial charge on any atom is -0.366 e. The molecule has 1 unspecified atom stereocenters. The van der Waals surface area contributed by atoms with Crippen molar-refractivity contribution >= 4 is 17.3 Å². The Kier molecular flexibility index (Phi) is 4.83. The molecule has 3 N–H and O–H groups in total. The Labute approximate surface area is 165 Å². The number of aromatic nitrogens is 4. The zero-order valence-electron chi connectivity index (χ0n) is 16.1. The number of hydrogen-bond donors (Lipinski definition) is 3. The molecule has 5 rings (SSSR count). The lowest BCUT2D eigenvalue weighted by Crippen LogP contribution is -2.23. The van der Waals surface area contributed by atoms with Crippen molar-refractivity contribution in [2.45, 2.75) is 50.6 Å². The van der Waals surface area contributed by atoms with E-state index in [1.54, 1.807) is 0 Å². The molecular weight excluding hydrogens is 350 g/mol. The summed E-state index contributed by atoms with van der Waals surface area (Å²) in [5.74, 6) is 1.81. The molecule has 7 heteroatoms. The Morgan fingerprint density at radius 1 is 0.929 bits per heavy atom. The van der Waals surface area contributed by atoms with Crippen LogP contribution >= 0.6 is 0 Å². The molecule has 0 spiro atoms. The van der Waals surface area contributed by atoms with Crippen LogP contribution in [0, 0.1) is 0 Å². The second kappa shape index (κ2) is 7.75. The van der Waals surface area contributed by atoms with Gasteiger partial charge >= 0.3 is 0 Å². The Balaban J connectivity index is 1.41. The third kappa shape index (κ3) is 3.67. The average molecular weight is 377 g/mol. The number of hydrogen-bond acceptors (Lipinski definition) is 6. The number of nitrogens with one attached hydrogen (secondary N) is 3. The van der Waals surface area contributed by atoms with Crippen LogP contribution in [0.1, 0.15) is 38.5 Å². The minimum atomic E-state index is 0.439. The Bertz CT molecular complexity index is 939. The van der Waals surface area contributed by atoms with Gasteiger partial charge in [-0.3, -0.25) is 0 Å². The summed E-state index contributed by atoms with van der Waals surface area (Å²) < 4.78 is 1.90. The maximum atomic E-state index is 4.81. The van der Waals surface area contributed by atoms with Gasteiger partial charge in [0.05, 0.1) is 11.9 Å². The predicted molar refractivity (Wildman–Crippen MR) is 112 cm³/mol. The van der Waals surface area contributed by atoms with Crippen LogP contribution in [-0.2, 0) is 0 Å². The van der Waals surface area contributed by atoms with E-state index in [0.717, 1.165) is 48.2 Å².